The Labute approximate surface area is 122 Å². The molecule has 0 bridgehead atoms. The third-order valence-electron chi connectivity index (χ3n) is 2.67. The van der Waals surface area contributed by atoms with Gasteiger partial charge in [0.15, 0.2) is 0 Å². The Hall–Kier alpha value is -1.46. The summed E-state index contributed by atoms with van der Waals surface area (Å²) in [6.07, 6.45) is -2.78. The van der Waals surface area contributed by atoms with Crippen LogP contribution < -0.4 is 5.56 Å². The summed E-state index contributed by atoms with van der Waals surface area (Å²) >= 11 is 11.5. The number of benzene rings is 1. The molecule has 1 aromatic heterocycles. The van der Waals surface area contributed by atoms with Crippen LogP contribution in [0.5, 0.6) is 0 Å². The van der Waals surface area contributed by atoms with Crippen LogP contribution in [0.15, 0.2) is 35.1 Å². The number of alkyl halides is 2. The molecule has 0 N–H and O–H groups in total. The Balaban J connectivity index is 2.74. The first kappa shape index (κ1) is 14.9. The quantitative estimate of drug-likeness (QED) is 0.829. The average Bonchev–Trinajstić information content (AvgIpc) is 2.37. The van der Waals surface area contributed by atoms with Gasteiger partial charge in [-0.25, -0.2) is 13.2 Å². The molecule has 0 unspecified atom stereocenters. The first-order valence-corrected chi connectivity index (χ1v) is 6.29. The van der Waals surface area contributed by atoms with E-state index >= 15 is 0 Å². The summed E-state index contributed by atoms with van der Waals surface area (Å²) in [6.45, 7) is -0.889. The zero-order chi connectivity index (χ0) is 14.9. The smallest absolute Gasteiger partial charge is 0.269 e. The fraction of sp³-hybridized carbons (Fsp3) is 0.154. The minimum absolute atomic E-state index is 0.0229. The van der Waals surface area contributed by atoms with Crippen molar-refractivity contribution < 1.29 is 13.2 Å². The highest BCUT2D eigenvalue weighted by molar-refractivity contribution is 6.33. The highest BCUT2D eigenvalue weighted by Crippen LogP contribution is 2.30. The van der Waals surface area contributed by atoms with Crippen molar-refractivity contribution >= 4 is 23.2 Å². The van der Waals surface area contributed by atoms with E-state index in [1.54, 1.807) is 0 Å². The summed E-state index contributed by atoms with van der Waals surface area (Å²) in [5.74, 6) is -0.706. The minimum Gasteiger partial charge on any atom is -0.301 e. The number of nitrogens with zero attached hydrogens (tertiary/aromatic N) is 1. The lowest BCUT2D eigenvalue weighted by atomic mass is 10.1. The molecule has 106 valence electrons. The van der Waals surface area contributed by atoms with Crippen LogP contribution in [-0.2, 0) is 6.54 Å². The first-order chi connectivity index (χ1) is 9.41. The highest BCUT2D eigenvalue weighted by Gasteiger charge is 2.18. The summed E-state index contributed by atoms with van der Waals surface area (Å²) in [5.41, 5.74) is -0.963. The van der Waals surface area contributed by atoms with E-state index in [9.17, 15) is 18.0 Å². The molecule has 20 heavy (non-hydrogen) atoms. The van der Waals surface area contributed by atoms with Crippen LogP contribution in [0, 0.1) is 5.82 Å². The summed E-state index contributed by atoms with van der Waals surface area (Å²) in [4.78, 5) is 11.9. The Bertz CT molecular complexity index is 680. The third-order valence-corrected chi connectivity index (χ3v) is 3.27. The summed E-state index contributed by atoms with van der Waals surface area (Å²) in [5, 5.41) is -0.198. The van der Waals surface area contributed by atoms with E-state index in [2.05, 4.69) is 0 Å². The first-order valence-electron chi connectivity index (χ1n) is 5.53. The number of pyridine rings is 1. The van der Waals surface area contributed by atoms with E-state index in [0.717, 1.165) is 10.6 Å². The molecule has 7 heteroatoms. The molecule has 1 heterocycles. The van der Waals surface area contributed by atoms with Gasteiger partial charge in [-0.3, -0.25) is 4.79 Å². The van der Waals surface area contributed by atoms with E-state index in [0.29, 0.717) is 0 Å². The van der Waals surface area contributed by atoms with Gasteiger partial charge in [-0.2, -0.15) is 0 Å². The van der Waals surface area contributed by atoms with Gasteiger partial charge >= 0.3 is 0 Å². The Morgan fingerprint density at radius 1 is 1.10 bits per heavy atom. The zero-order valence-electron chi connectivity index (χ0n) is 9.92. The van der Waals surface area contributed by atoms with Gasteiger partial charge in [-0.15, -0.1) is 0 Å². The monoisotopic (exact) mass is 321 g/mol. The van der Waals surface area contributed by atoms with Crippen LogP contribution in [0.4, 0.5) is 13.2 Å². The van der Waals surface area contributed by atoms with Crippen LogP contribution in [0.1, 0.15) is 0 Å². The van der Waals surface area contributed by atoms with Crippen molar-refractivity contribution in [1.82, 2.24) is 4.57 Å². The van der Waals surface area contributed by atoms with Gasteiger partial charge in [0.1, 0.15) is 10.8 Å². The zero-order valence-corrected chi connectivity index (χ0v) is 11.4. The van der Waals surface area contributed by atoms with Gasteiger partial charge in [0, 0.05) is 0 Å². The van der Waals surface area contributed by atoms with Gasteiger partial charge in [0.25, 0.3) is 12.0 Å². The van der Waals surface area contributed by atoms with Crippen LogP contribution in [-0.4, -0.2) is 11.0 Å². The molecule has 0 atom stereocenters. The van der Waals surface area contributed by atoms with Gasteiger partial charge in [-0.1, -0.05) is 29.3 Å². The van der Waals surface area contributed by atoms with Crippen LogP contribution in [0.25, 0.3) is 11.3 Å². The van der Waals surface area contributed by atoms with Crippen molar-refractivity contribution in [2.45, 2.75) is 13.0 Å². The number of rotatable bonds is 3. The van der Waals surface area contributed by atoms with Crippen molar-refractivity contribution in [3.8, 4) is 11.3 Å². The van der Waals surface area contributed by atoms with Crippen LogP contribution >= 0.6 is 23.2 Å². The van der Waals surface area contributed by atoms with Crippen molar-refractivity contribution in [3.05, 3.63) is 56.5 Å². The van der Waals surface area contributed by atoms with E-state index in [1.165, 1.54) is 24.3 Å². The van der Waals surface area contributed by atoms with E-state index in [-0.39, 0.29) is 21.3 Å². The number of hydrogen-bond acceptors (Lipinski definition) is 1. The van der Waals surface area contributed by atoms with E-state index < -0.39 is 24.3 Å². The molecular formula is C13H8Cl2F3NO. The Morgan fingerprint density at radius 2 is 1.80 bits per heavy atom. The predicted molar refractivity (Wildman–Crippen MR) is 72.1 cm³/mol. The molecule has 0 radical (unpaired) electrons. The fourth-order valence-electron chi connectivity index (χ4n) is 1.83. The van der Waals surface area contributed by atoms with Crippen molar-refractivity contribution in [3.63, 3.8) is 0 Å². The van der Waals surface area contributed by atoms with E-state index in [4.69, 9.17) is 23.2 Å². The average molecular weight is 322 g/mol. The fourth-order valence-corrected chi connectivity index (χ4v) is 2.26. The summed E-state index contributed by atoms with van der Waals surface area (Å²) in [6, 6.07) is 6.44. The van der Waals surface area contributed by atoms with Crippen LogP contribution in [0.2, 0.25) is 10.0 Å². The lowest BCUT2D eigenvalue weighted by Crippen LogP contribution is -2.25. The lowest BCUT2D eigenvalue weighted by Gasteiger charge is -2.14. The number of aromatic nitrogens is 1. The number of halogens is 5. The maximum Gasteiger partial charge on any atom is 0.269 e. The second-order valence-corrected chi connectivity index (χ2v) is 4.78. The second-order valence-electron chi connectivity index (χ2n) is 3.97. The highest BCUT2D eigenvalue weighted by atomic mass is 35.5. The molecule has 1 aromatic carbocycles. The summed E-state index contributed by atoms with van der Waals surface area (Å²) in [7, 11) is 0. The van der Waals surface area contributed by atoms with Gasteiger partial charge in [-0.05, 0) is 24.3 Å². The molecule has 0 saturated heterocycles. The van der Waals surface area contributed by atoms with Crippen molar-refractivity contribution in [2.24, 2.45) is 0 Å². The predicted octanol–water partition coefficient (Wildman–Crippen LogP) is 4.23. The molecular weight excluding hydrogens is 314 g/mol. The Kier molecular flexibility index (Phi) is 4.40. The van der Waals surface area contributed by atoms with Crippen molar-refractivity contribution in [1.29, 1.82) is 0 Å². The van der Waals surface area contributed by atoms with Gasteiger partial charge in [0.2, 0.25) is 0 Å². The molecule has 0 aliphatic carbocycles. The minimum atomic E-state index is -2.78. The molecule has 0 amide bonds. The Morgan fingerprint density at radius 3 is 2.40 bits per heavy atom. The largest absolute Gasteiger partial charge is 0.301 e. The van der Waals surface area contributed by atoms with E-state index in [1.807, 2.05) is 0 Å². The van der Waals surface area contributed by atoms with Crippen molar-refractivity contribution in [2.75, 3.05) is 0 Å². The molecule has 0 aliphatic heterocycles. The topological polar surface area (TPSA) is 22.0 Å². The molecule has 2 aromatic rings. The maximum absolute atomic E-state index is 13.9. The van der Waals surface area contributed by atoms with Gasteiger partial charge in [0.05, 0.1) is 22.8 Å². The molecule has 2 nitrogen and oxygen atoms in total. The van der Waals surface area contributed by atoms with Gasteiger partial charge < -0.3 is 4.57 Å². The normalized spacial score (nSPS) is 11.1. The lowest BCUT2D eigenvalue weighted by molar-refractivity contribution is 0.126. The molecule has 2 rings (SSSR count). The van der Waals surface area contributed by atoms with Crippen LogP contribution in [0.3, 0.4) is 0 Å². The third kappa shape index (κ3) is 2.83. The second kappa shape index (κ2) is 5.89. The molecule has 0 fully saturated rings. The standard InChI is InChI=1S/C13H8Cl2F3NO/c14-7-2-1-3-9(16)12(7)10-5-4-8(15)13(20)19(10)6-11(17)18/h1-5,11H,6H2. The molecule has 0 saturated carbocycles. The maximum atomic E-state index is 13.9. The molecule has 0 spiro atoms. The molecule has 0 aliphatic rings. The summed E-state index contributed by atoms with van der Waals surface area (Å²) < 4.78 is 39.8. The SMILES string of the molecule is O=c1c(Cl)ccc(-c2c(F)cccc2Cl)n1CC(F)F. The number of hydrogen-bond donors (Lipinski definition) is 0.